The van der Waals surface area contributed by atoms with E-state index >= 15 is 0 Å². The highest BCUT2D eigenvalue weighted by Gasteiger charge is 2.21. The summed E-state index contributed by atoms with van der Waals surface area (Å²) >= 11 is 0. The second-order valence-corrected chi connectivity index (χ2v) is 6.59. The molecular formula is C21H25N3O3. The number of aryl methyl sites for hydroxylation is 1. The first-order valence-electron chi connectivity index (χ1n) is 9.16. The Balaban J connectivity index is 1.38. The summed E-state index contributed by atoms with van der Waals surface area (Å²) in [6, 6.07) is 17.5. The van der Waals surface area contributed by atoms with E-state index in [0.29, 0.717) is 18.8 Å². The normalized spacial score (nSPS) is 14.0. The minimum Gasteiger partial charge on any atom is -0.484 e. The van der Waals surface area contributed by atoms with Crippen LogP contribution in [0.2, 0.25) is 0 Å². The molecule has 0 saturated carbocycles. The van der Waals surface area contributed by atoms with Gasteiger partial charge in [-0.1, -0.05) is 30.3 Å². The van der Waals surface area contributed by atoms with Crippen LogP contribution in [0.25, 0.3) is 0 Å². The van der Waals surface area contributed by atoms with Gasteiger partial charge in [-0.15, -0.1) is 0 Å². The Bertz CT molecular complexity index is 771. The van der Waals surface area contributed by atoms with Crippen LogP contribution >= 0.6 is 0 Å². The quantitative estimate of drug-likeness (QED) is 0.846. The zero-order valence-corrected chi connectivity index (χ0v) is 15.6. The Morgan fingerprint density at radius 2 is 1.74 bits per heavy atom. The van der Waals surface area contributed by atoms with Crippen molar-refractivity contribution in [3.05, 3.63) is 60.2 Å². The van der Waals surface area contributed by atoms with Crippen molar-refractivity contribution >= 4 is 17.5 Å². The predicted molar refractivity (Wildman–Crippen MR) is 105 cm³/mol. The first-order valence-corrected chi connectivity index (χ1v) is 9.16. The Morgan fingerprint density at radius 1 is 1.00 bits per heavy atom. The van der Waals surface area contributed by atoms with E-state index in [2.05, 4.69) is 41.4 Å². The zero-order valence-electron chi connectivity index (χ0n) is 15.6. The Kier molecular flexibility index (Phi) is 6.30. The average Bonchev–Trinajstić information content (AvgIpc) is 2.71. The van der Waals surface area contributed by atoms with Crippen molar-refractivity contribution in [3.63, 3.8) is 0 Å². The molecule has 0 spiro atoms. The number of rotatable bonds is 6. The lowest BCUT2D eigenvalue weighted by atomic mass is 10.2. The van der Waals surface area contributed by atoms with Crippen LogP contribution in [-0.2, 0) is 9.59 Å². The molecule has 1 saturated heterocycles. The van der Waals surface area contributed by atoms with E-state index in [9.17, 15) is 9.59 Å². The van der Waals surface area contributed by atoms with E-state index < -0.39 is 0 Å². The van der Waals surface area contributed by atoms with Crippen molar-refractivity contribution in [2.45, 2.75) is 6.92 Å². The number of hydrogen-bond acceptors (Lipinski definition) is 4. The molecule has 2 amide bonds. The topological polar surface area (TPSA) is 61.9 Å². The number of anilines is 1. The van der Waals surface area contributed by atoms with Crippen LogP contribution in [-0.4, -0.2) is 56.0 Å². The Hall–Kier alpha value is -3.02. The minimum absolute atomic E-state index is 0.00142. The molecule has 2 aromatic rings. The molecule has 1 aliphatic rings. The van der Waals surface area contributed by atoms with Gasteiger partial charge in [0.2, 0.25) is 5.91 Å². The largest absolute Gasteiger partial charge is 0.484 e. The number of piperazine rings is 1. The lowest BCUT2D eigenvalue weighted by Gasteiger charge is -2.36. The second kappa shape index (κ2) is 9.07. The fraction of sp³-hybridized carbons (Fsp3) is 0.333. The molecule has 0 bridgehead atoms. The highest BCUT2D eigenvalue weighted by atomic mass is 16.5. The number of ether oxygens (including phenoxy) is 1. The van der Waals surface area contributed by atoms with Crippen molar-refractivity contribution in [1.29, 1.82) is 0 Å². The summed E-state index contributed by atoms with van der Waals surface area (Å²) in [7, 11) is 0. The predicted octanol–water partition coefficient (Wildman–Crippen LogP) is 1.84. The van der Waals surface area contributed by atoms with Gasteiger partial charge in [-0.3, -0.25) is 9.59 Å². The summed E-state index contributed by atoms with van der Waals surface area (Å²) in [6.07, 6.45) is 0. The first-order chi connectivity index (χ1) is 13.1. The number of carbonyl (C=O) groups is 2. The molecule has 2 aromatic carbocycles. The molecule has 1 N–H and O–H groups in total. The summed E-state index contributed by atoms with van der Waals surface area (Å²) in [6.45, 7) is 4.88. The van der Waals surface area contributed by atoms with Gasteiger partial charge in [0.1, 0.15) is 5.75 Å². The molecule has 1 heterocycles. The van der Waals surface area contributed by atoms with Gasteiger partial charge in [-0.25, -0.2) is 0 Å². The monoisotopic (exact) mass is 367 g/mol. The Labute approximate surface area is 159 Å². The van der Waals surface area contributed by atoms with Crippen LogP contribution in [0.3, 0.4) is 0 Å². The number of hydrogen-bond donors (Lipinski definition) is 1. The van der Waals surface area contributed by atoms with Crippen molar-refractivity contribution < 1.29 is 14.3 Å². The SMILES string of the molecule is Cc1cccc(N2CCN(C(=O)CNC(=O)COc3ccccc3)CC2)c1. The van der Waals surface area contributed by atoms with Crippen LogP contribution in [0.1, 0.15) is 5.56 Å². The van der Waals surface area contributed by atoms with E-state index in [1.807, 2.05) is 18.2 Å². The highest BCUT2D eigenvalue weighted by Crippen LogP contribution is 2.17. The summed E-state index contributed by atoms with van der Waals surface area (Å²) in [5, 5.41) is 2.63. The van der Waals surface area contributed by atoms with Gasteiger partial charge in [-0.2, -0.15) is 0 Å². The van der Waals surface area contributed by atoms with Crippen LogP contribution in [0.15, 0.2) is 54.6 Å². The number of amides is 2. The smallest absolute Gasteiger partial charge is 0.258 e. The first kappa shape index (κ1) is 18.8. The standard InChI is InChI=1S/C21H25N3O3/c1-17-6-5-7-18(14-17)23-10-12-24(13-11-23)21(26)15-22-20(25)16-27-19-8-3-2-4-9-19/h2-9,14H,10-13,15-16H2,1H3,(H,22,25). The van der Waals surface area contributed by atoms with Gasteiger partial charge in [-0.05, 0) is 36.8 Å². The van der Waals surface area contributed by atoms with Crippen molar-refractivity contribution in [3.8, 4) is 5.75 Å². The maximum Gasteiger partial charge on any atom is 0.258 e. The van der Waals surface area contributed by atoms with Gasteiger partial charge in [0.05, 0.1) is 6.54 Å². The fourth-order valence-electron chi connectivity index (χ4n) is 3.04. The molecule has 27 heavy (non-hydrogen) atoms. The van der Waals surface area contributed by atoms with Gasteiger partial charge in [0.15, 0.2) is 6.61 Å². The Morgan fingerprint density at radius 3 is 2.44 bits per heavy atom. The molecule has 0 atom stereocenters. The maximum absolute atomic E-state index is 12.3. The van der Waals surface area contributed by atoms with Crippen LogP contribution < -0.4 is 15.0 Å². The van der Waals surface area contributed by atoms with Crippen molar-refractivity contribution in [1.82, 2.24) is 10.2 Å². The lowest BCUT2D eigenvalue weighted by Crippen LogP contribution is -2.51. The number of nitrogens with zero attached hydrogens (tertiary/aromatic N) is 2. The number of carbonyl (C=O) groups excluding carboxylic acids is 2. The molecule has 6 heteroatoms. The molecule has 0 unspecified atom stereocenters. The molecule has 0 radical (unpaired) electrons. The molecule has 6 nitrogen and oxygen atoms in total. The van der Waals surface area contributed by atoms with E-state index in [1.54, 1.807) is 17.0 Å². The van der Waals surface area contributed by atoms with E-state index in [1.165, 1.54) is 11.3 Å². The van der Waals surface area contributed by atoms with Crippen LogP contribution in [0, 0.1) is 6.92 Å². The van der Waals surface area contributed by atoms with E-state index in [-0.39, 0.29) is 25.0 Å². The highest BCUT2D eigenvalue weighted by molar-refractivity contribution is 5.85. The zero-order chi connectivity index (χ0) is 19.1. The number of benzene rings is 2. The summed E-state index contributed by atoms with van der Waals surface area (Å²) < 4.78 is 5.37. The molecule has 1 fully saturated rings. The van der Waals surface area contributed by atoms with E-state index in [0.717, 1.165) is 13.1 Å². The van der Waals surface area contributed by atoms with Gasteiger partial charge in [0.25, 0.3) is 5.91 Å². The fourth-order valence-corrected chi connectivity index (χ4v) is 3.04. The molecule has 3 rings (SSSR count). The molecule has 142 valence electrons. The van der Waals surface area contributed by atoms with Crippen LogP contribution in [0.4, 0.5) is 5.69 Å². The maximum atomic E-state index is 12.3. The van der Waals surface area contributed by atoms with Gasteiger partial charge in [0, 0.05) is 31.9 Å². The lowest BCUT2D eigenvalue weighted by molar-refractivity contribution is -0.133. The summed E-state index contributed by atoms with van der Waals surface area (Å²) in [4.78, 5) is 28.3. The third kappa shape index (κ3) is 5.48. The molecular weight excluding hydrogens is 342 g/mol. The van der Waals surface area contributed by atoms with Crippen LogP contribution in [0.5, 0.6) is 5.75 Å². The van der Waals surface area contributed by atoms with Gasteiger partial charge >= 0.3 is 0 Å². The summed E-state index contributed by atoms with van der Waals surface area (Å²) in [5.41, 5.74) is 2.42. The average molecular weight is 367 g/mol. The number of para-hydroxylation sites is 1. The third-order valence-electron chi connectivity index (χ3n) is 4.55. The van der Waals surface area contributed by atoms with Crippen molar-refractivity contribution in [2.75, 3.05) is 44.2 Å². The van der Waals surface area contributed by atoms with E-state index in [4.69, 9.17) is 4.74 Å². The molecule has 0 aliphatic carbocycles. The third-order valence-corrected chi connectivity index (χ3v) is 4.55. The number of nitrogens with one attached hydrogen (secondary N) is 1. The second-order valence-electron chi connectivity index (χ2n) is 6.59. The summed E-state index contributed by atoms with van der Waals surface area (Å²) in [5.74, 6) is 0.267. The van der Waals surface area contributed by atoms with Gasteiger partial charge < -0.3 is 19.9 Å². The molecule has 1 aliphatic heterocycles. The minimum atomic E-state index is -0.300. The molecule has 0 aromatic heterocycles. The van der Waals surface area contributed by atoms with Crippen molar-refractivity contribution in [2.24, 2.45) is 0 Å².